The standard InChI is InChI=1S/C18H25NO3/c1-3-5-14(6-4-2)17(20)19-10-9-13-7-8-15(18(21)22)11-16(13)12-19/h7-8,11,14H,3-6,9-10,12H2,1-2H3,(H,21,22). The van der Waals surface area contributed by atoms with Gasteiger partial charge in [0.15, 0.2) is 0 Å². The Balaban J connectivity index is 2.14. The molecule has 0 atom stereocenters. The fraction of sp³-hybridized carbons (Fsp3) is 0.556. The van der Waals surface area contributed by atoms with E-state index in [2.05, 4.69) is 13.8 Å². The molecule has 1 aromatic rings. The summed E-state index contributed by atoms with van der Waals surface area (Å²) in [6.45, 7) is 5.50. The molecular formula is C18H25NO3. The van der Waals surface area contributed by atoms with Crippen molar-refractivity contribution in [2.75, 3.05) is 6.54 Å². The fourth-order valence-electron chi connectivity index (χ4n) is 3.22. The van der Waals surface area contributed by atoms with E-state index in [0.29, 0.717) is 12.1 Å². The van der Waals surface area contributed by atoms with Gasteiger partial charge < -0.3 is 10.0 Å². The molecule has 0 aromatic heterocycles. The number of carbonyl (C=O) groups excluding carboxylic acids is 1. The van der Waals surface area contributed by atoms with Crippen molar-refractivity contribution >= 4 is 11.9 Å². The Hall–Kier alpha value is -1.84. The summed E-state index contributed by atoms with van der Waals surface area (Å²) in [6.07, 6.45) is 4.72. The van der Waals surface area contributed by atoms with Crippen LogP contribution < -0.4 is 0 Å². The molecule has 0 saturated heterocycles. The van der Waals surface area contributed by atoms with Gasteiger partial charge in [0.1, 0.15) is 0 Å². The van der Waals surface area contributed by atoms with Gasteiger partial charge in [-0.2, -0.15) is 0 Å². The van der Waals surface area contributed by atoms with Crippen molar-refractivity contribution in [2.24, 2.45) is 5.92 Å². The molecule has 1 aromatic carbocycles. The lowest BCUT2D eigenvalue weighted by Crippen LogP contribution is -2.39. The SMILES string of the molecule is CCCC(CCC)C(=O)N1CCc2ccc(C(=O)O)cc2C1. The molecule has 0 fully saturated rings. The van der Waals surface area contributed by atoms with Gasteiger partial charge in [-0.25, -0.2) is 4.79 Å². The number of hydrogen-bond acceptors (Lipinski definition) is 2. The average molecular weight is 303 g/mol. The Morgan fingerprint density at radius 2 is 1.86 bits per heavy atom. The van der Waals surface area contributed by atoms with Crippen molar-refractivity contribution in [1.82, 2.24) is 4.90 Å². The topological polar surface area (TPSA) is 57.6 Å². The molecule has 0 unspecified atom stereocenters. The molecule has 4 nitrogen and oxygen atoms in total. The van der Waals surface area contributed by atoms with E-state index in [1.54, 1.807) is 12.1 Å². The van der Waals surface area contributed by atoms with Crippen LogP contribution in [0.3, 0.4) is 0 Å². The second-order valence-corrected chi connectivity index (χ2v) is 6.07. The van der Waals surface area contributed by atoms with E-state index in [-0.39, 0.29) is 11.8 Å². The fourth-order valence-corrected chi connectivity index (χ4v) is 3.22. The first-order valence-electron chi connectivity index (χ1n) is 8.20. The number of fused-ring (bicyclic) bond motifs is 1. The Morgan fingerprint density at radius 1 is 1.18 bits per heavy atom. The van der Waals surface area contributed by atoms with E-state index in [1.165, 1.54) is 0 Å². The quantitative estimate of drug-likeness (QED) is 0.875. The summed E-state index contributed by atoms with van der Waals surface area (Å²) >= 11 is 0. The molecule has 0 aliphatic carbocycles. The largest absolute Gasteiger partial charge is 0.478 e. The lowest BCUT2D eigenvalue weighted by molar-refractivity contribution is -0.137. The molecular weight excluding hydrogens is 278 g/mol. The molecule has 2 rings (SSSR count). The second kappa shape index (κ2) is 7.43. The normalized spacial score (nSPS) is 14.0. The summed E-state index contributed by atoms with van der Waals surface area (Å²) in [7, 11) is 0. The highest BCUT2D eigenvalue weighted by atomic mass is 16.4. The predicted molar refractivity (Wildman–Crippen MR) is 85.8 cm³/mol. The first kappa shape index (κ1) is 16.5. The first-order chi connectivity index (χ1) is 10.6. The maximum absolute atomic E-state index is 12.7. The third-order valence-electron chi connectivity index (χ3n) is 4.40. The Morgan fingerprint density at radius 3 is 2.45 bits per heavy atom. The van der Waals surface area contributed by atoms with Gasteiger partial charge in [0.2, 0.25) is 5.91 Å². The van der Waals surface area contributed by atoms with E-state index in [9.17, 15) is 9.59 Å². The Bertz CT molecular complexity index is 547. The van der Waals surface area contributed by atoms with Crippen molar-refractivity contribution in [3.05, 3.63) is 34.9 Å². The summed E-state index contributed by atoms with van der Waals surface area (Å²) < 4.78 is 0. The maximum atomic E-state index is 12.7. The van der Waals surface area contributed by atoms with Crippen LogP contribution >= 0.6 is 0 Å². The number of amides is 1. The van der Waals surface area contributed by atoms with Crippen molar-refractivity contribution in [2.45, 2.75) is 52.5 Å². The number of rotatable bonds is 6. The van der Waals surface area contributed by atoms with Gasteiger partial charge in [0, 0.05) is 19.0 Å². The summed E-state index contributed by atoms with van der Waals surface area (Å²) in [6, 6.07) is 5.25. The molecule has 4 heteroatoms. The van der Waals surface area contributed by atoms with E-state index >= 15 is 0 Å². The minimum Gasteiger partial charge on any atom is -0.478 e. The third kappa shape index (κ3) is 3.67. The van der Waals surface area contributed by atoms with Crippen LogP contribution in [0.25, 0.3) is 0 Å². The third-order valence-corrected chi connectivity index (χ3v) is 4.40. The zero-order valence-electron chi connectivity index (χ0n) is 13.5. The van der Waals surface area contributed by atoms with Crippen LogP contribution in [-0.2, 0) is 17.8 Å². The van der Waals surface area contributed by atoms with Gasteiger partial charge in [-0.3, -0.25) is 4.79 Å². The second-order valence-electron chi connectivity index (χ2n) is 6.07. The van der Waals surface area contributed by atoms with Crippen LogP contribution in [-0.4, -0.2) is 28.4 Å². The predicted octanol–water partition coefficient (Wildman–Crippen LogP) is 3.49. The van der Waals surface area contributed by atoms with Crippen LogP contribution in [0.5, 0.6) is 0 Å². The van der Waals surface area contributed by atoms with Crippen LogP contribution in [0.2, 0.25) is 0 Å². The van der Waals surface area contributed by atoms with Crippen molar-refractivity contribution in [1.29, 1.82) is 0 Å². The zero-order valence-corrected chi connectivity index (χ0v) is 13.5. The Kier molecular flexibility index (Phi) is 5.58. The highest BCUT2D eigenvalue weighted by Crippen LogP contribution is 2.24. The highest BCUT2D eigenvalue weighted by molar-refractivity contribution is 5.88. The summed E-state index contributed by atoms with van der Waals surface area (Å²) in [5, 5.41) is 9.11. The lowest BCUT2D eigenvalue weighted by atomic mass is 9.93. The summed E-state index contributed by atoms with van der Waals surface area (Å²) in [5.74, 6) is -0.574. The first-order valence-corrected chi connectivity index (χ1v) is 8.20. The molecule has 0 radical (unpaired) electrons. The molecule has 1 aliphatic rings. The van der Waals surface area contributed by atoms with Crippen molar-refractivity contribution in [3.63, 3.8) is 0 Å². The van der Waals surface area contributed by atoms with Gasteiger partial charge >= 0.3 is 5.97 Å². The van der Waals surface area contributed by atoms with Crippen LogP contribution in [0, 0.1) is 5.92 Å². The number of aromatic carboxylic acids is 1. The number of carbonyl (C=O) groups is 2. The number of carboxylic acid groups (broad SMARTS) is 1. The molecule has 0 saturated carbocycles. The number of benzene rings is 1. The van der Waals surface area contributed by atoms with Gasteiger partial charge in [-0.05, 0) is 42.5 Å². The van der Waals surface area contributed by atoms with Gasteiger partial charge in [0.25, 0.3) is 0 Å². The monoisotopic (exact) mass is 303 g/mol. The Labute approximate surface area is 132 Å². The van der Waals surface area contributed by atoms with Gasteiger partial charge in [-0.15, -0.1) is 0 Å². The van der Waals surface area contributed by atoms with E-state index in [0.717, 1.165) is 49.8 Å². The van der Waals surface area contributed by atoms with Crippen LogP contribution in [0.4, 0.5) is 0 Å². The van der Waals surface area contributed by atoms with Crippen molar-refractivity contribution in [3.8, 4) is 0 Å². The minimum absolute atomic E-state index is 0.110. The van der Waals surface area contributed by atoms with Crippen LogP contribution in [0.1, 0.15) is 61.0 Å². The van der Waals surface area contributed by atoms with E-state index in [1.807, 2.05) is 11.0 Å². The molecule has 0 spiro atoms. The molecule has 1 aliphatic heterocycles. The molecule has 1 amide bonds. The maximum Gasteiger partial charge on any atom is 0.335 e. The number of nitrogens with zero attached hydrogens (tertiary/aromatic N) is 1. The number of hydrogen-bond donors (Lipinski definition) is 1. The number of carboxylic acids is 1. The highest BCUT2D eigenvalue weighted by Gasteiger charge is 2.26. The molecule has 1 heterocycles. The minimum atomic E-state index is -0.916. The molecule has 120 valence electrons. The van der Waals surface area contributed by atoms with E-state index in [4.69, 9.17) is 5.11 Å². The zero-order chi connectivity index (χ0) is 16.1. The van der Waals surface area contributed by atoms with Gasteiger partial charge in [-0.1, -0.05) is 32.8 Å². The lowest BCUT2D eigenvalue weighted by Gasteiger charge is -2.32. The van der Waals surface area contributed by atoms with E-state index < -0.39 is 5.97 Å². The molecule has 22 heavy (non-hydrogen) atoms. The van der Waals surface area contributed by atoms with Crippen molar-refractivity contribution < 1.29 is 14.7 Å². The van der Waals surface area contributed by atoms with Gasteiger partial charge in [0.05, 0.1) is 5.56 Å². The van der Waals surface area contributed by atoms with Crippen LogP contribution in [0.15, 0.2) is 18.2 Å². The molecule has 0 bridgehead atoms. The average Bonchev–Trinajstić information content (AvgIpc) is 2.52. The summed E-state index contributed by atoms with van der Waals surface area (Å²) in [5.41, 5.74) is 2.44. The summed E-state index contributed by atoms with van der Waals surface area (Å²) in [4.78, 5) is 25.7. The smallest absolute Gasteiger partial charge is 0.335 e. The molecule has 1 N–H and O–H groups in total.